The summed E-state index contributed by atoms with van der Waals surface area (Å²) in [7, 11) is 3.80. The normalized spacial score (nSPS) is 19.1. The zero-order valence-corrected chi connectivity index (χ0v) is 11.9. The van der Waals surface area contributed by atoms with Crippen LogP contribution in [0.1, 0.15) is 25.3 Å². The molecule has 1 saturated heterocycles. The standard InChI is InChI=1S/C15H22N2O2/c1-13(18)17(3)19-15(9-11-16(2)12-10-15)14-7-5-4-6-8-14/h4-8H,9-12H2,1-3H3. The van der Waals surface area contributed by atoms with Gasteiger partial charge in [0.1, 0.15) is 5.60 Å². The summed E-state index contributed by atoms with van der Waals surface area (Å²) in [6, 6.07) is 10.2. The van der Waals surface area contributed by atoms with Crippen LogP contribution in [0.4, 0.5) is 0 Å². The lowest BCUT2D eigenvalue weighted by molar-refractivity contribution is -0.245. The molecule has 0 spiro atoms. The SMILES string of the molecule is CC(=O)N(C)OC1(c2ccccc2)CCN(C)CC1. The zero-order chi connectivity index (χ0) is 13.9. The van der Waals surface area contributed by atoms with Crippen LogP contribution >= 0.6 is 0 Å². The van der Waals surface area contributed by atoms with Gasteiger partial charge in [-0.1, -0.05) is 30.3 Å². The van der Waals surface area contributed by atoms with Gasteiger partial charge >= 0.3 is 0 Å². The molecule has 2 rings (SSSR count). The monoisotopic (exact) mass is 262 g/mol. The smallest absolute Gasteiger partial charge is 0.242 e. The Hall–Kier alpha value is -1.39. The van der Waals surface area contributed by atoms with Gasteiger partial charge in [-0.05, 0) is 25.5 Å². The maximum atomic E-state index is 11.4. The highest BCUT2D eigenvalue weighted by molar-refractivity contribution is 5.71. The molecule has 1 aromatic carbocycles. The Morgan fingerprint density at radius 1 is 1.26 bits per heavy atom. The maximum absolute atomic E-state index is 11.4. The highest BCUT2D eigenvalue weighted by atomic mass is 16.7. The van der Waals surface area contributed by atoms with Crippen molar-refractivity contribution >= 4 is 5.91 Å². The van der Waals surface area contributed by atoms with Gasteiger partial charge in [0, 0.05) is 27.1 Å². The van der Waals surface area contributed by atoms with Crippen molar-refractivity contribution in [2.45, 2.75) is 25.4 Å². The molecule has 1 amide bonds. The minimum absolute atomic E-state index is 0.0748. The first-order chi connectivity index (χ1) is 9.03. The van der Waals surface area contributed by atoms with Crippen molar-refractivity contribution < 1.29 is 9.63 Å². The third kappa shape index (κ3) is 3.14. The van der Waals surface area contributed by atoms with Gasteiger partial charge in [0.2, 0.25) is 5.91 Å². The third-order valence-electron chi connectivity index (χ3n) is 3.85. The molecule has 0 saturated carbocycles. The van der Waals surface area contributed by atoms with Crippen LogP contribution in [0.15, 0.2) is 30.3 Å². The van der Waals surface area contributed by atoms with Gasteiger partial charge in [-0.15, -0.1) is 0 Å². The van der Waals surface area contributed by atoms with E-state index in [1.165, 1.54) is 12.0 Å². The molecule has 104 valence electrons. The molecule has 0 N–H and O–H groups in total. The topological polar surface area (TPSA) is 32.8 Å². The summed E-state index contributed by atoms with van der Waals surface area (Å²) in [5, 5.41) is 1.36. The largest absolute Gasteiger partial charge is 0.306 e. The van der Waals surface area contributed by atoms with E-state index in [0.29, 0.717) is 0 Å². The van der Waals surface area contributed by atoms with Crippen LogP contribution in [0.25, 0.3) is 0 Å². The van der Waals surface area contributed by atoms with Crippen molar-refractivity contribution in [1.82, 2.24) is 9.96 Å². The van der Waals surface area contributed by atoms with Gasteiger partial charge in [-0.25, -0.2) is 5.06 Å². The van der Waals surface area contributed by atoms with Crippen LogP contribution < -0.4 is 0 Å². The quantitative estimate of drug-likeness (QED) is 0.781. The number of hydrogen-bond donors (Lipinski definition) is 0. The lowest BCUT2D eigenvalue weighted by atomic mass is 9.84. The Bertz CT molecular complexity index is 425. The van der Waals surface area contributed by atoms with E-state index in [0.717, 1.165) is 31.5 Å². The predicted octanol–water partition coefficient (Wildman–Crippen LogP) is 2.02. The molecule has 0 radical (unpaired) electrons. The second-order valence-corrected chi connectivity index (χ2v) is 5.27. The summed E-state index contributed by atoms with van der Waals surface area (Å²) in [6.07, 6.45) is 1.79. The summed E-state index contributed by atoms with van der Waals surface area (Å²) in [4.78, 5) is 19.8. The molecule has 1 heterocycles. The number of hydrogen-bond acceptors (Lipinski definition) is 3. The Morgan fingerprint density at radius 3 is 2.37 bits per heavy atom. The second kappa shape index (κ2) is 5.72. The first-order valence-corrected chi connectivity index (χ1v) is 6.71. The van der Waals surface area contributed by atoms with Crippen LogP contribution in [0.2, 0.25) is 0 Å². The summed E-state index contributed by atoms with van der Waals surface area (Å²) in [6.45, 7) is 3.47. The number of likely N-dealkylation sites (tertiary alicyclic amines) is 1. The zero-order valence-electron chi connectivity index (χ0n) is 11.9. The average Bonchev–Trinajstić information content (AvgIpc) is 2.42. The molecule has 19 heavy (non-hydrogen) atoms. The number of hydroxylamine groups is 2. The van der Waals surface area contributed by atoms with Crippen molar-refractivity contribution in [2.75, 3.05) is 27.2 Å². The molecule has 0 unspecified atom stereocenters. The molecule has 0 aromatic heterocycles. The Kier molecular flexibility index (Phi) is 4.22. The molecule has 1 aromatic rings. The molecular formula is C15H22N2O2. The minimum Gasteiger partial charge on any atom is -0.306 e. The lowest BCUT2D eigenvalue weighted by Gasteiger charge is -2.42. The molecule has 0 atom stereocenters. The average molecular weight is 262 g/mol. The number of benzene rings is 1. The maximum Gasteiger partial charge on any atom is 0.242 e. The van der Waals surface area contributed by atoms with E-state index in [1.807, 2.05) is 18.2 Å². The summed E-state index contributed by atoms with van der Waals surface area (Å²) in [5.41, 5.74) is 0.768. The van der Waals surface area contributed by atoms with Crippen LogP contribution in [0.3, 0.4) is 0 Å². The van der Waals surface area contributed by atoms with E-state index in [2.05, 4.69) is 24.1 Å². The van der Waals surface area contributed by atoms with Gasteiger partial charge in [0.15, 0.2) is 0 Å². The number of amides is 1. The lowest BCUT2D eigenvalue weighted by Crippen LogP contribution is -2.46. The Morgan fingerprint density at radius 2 is 1.84 bits per heavy atom. The first kappa shape index (κ1) is 14.0. The van der Waals surface area contributed by atoms with Crippen molar-refractivity contribution in [1.29, 1.82) is 0 Å². The summed E-state index contributed by atoms with van der Waals surface area (Å²) in [5.74, 6) is -0.0748. The van der Waals surface area contributed by atoms with E-state index in [1.54, 1.807) is 7.05 Å². The van der Waals surface area contributed by atoms with Crippen molar-refractivity contribution in [2.24, 2.45) is 0 Å². The predicted molar refractivity (Wildman–Crippen MR) is 74.4 cm³/mol. The first-order valence-electron chi connectivity index (χ1n) is 6.71. The number of rotatable bonds is 3. The fraction of sp³-hybridized carbons (Fsp3) is 0.533. The van der Waals surface area contributed by atoms with E-state index >= 15 is 0 Å². The van der Waals surface area contributed by atoms with Crippen LogP contribution in [-0.4, -0.2) is 43.1 Å². The molecule has 1 aliphatic rings. The van der Waals surface area contributed by atoms with Crippen molar-refractivity contribution in [3.63, 3.8) is 0 Å². The number of piperidine rings is 1. The number of carbonyl (C=O) groups is 1. The molecule has 1 fully saturated rings. The van der Waals surface area contributed by atoms with E-state index in [9.17, 15) is 4.79 Å². The molecule has 4 heteroatoms. The molecular weight excluding hydrogens is 240 g/mol. The van der Waals surface area contributed by atoms with Gasteiger partial charge in [0.05, 0.1) is 0 Å². The van der Waals surface area contributed by atoms with E-state index in [-0.39, 0.29) is 11.5 Å². The fourth-order valence-electron chi connectivity index (χ4n) is 2.48. The fourth-order valence-corrected chi connectivity index (χ4v) is 2.48. The minimum atomic E-state index is -0.381. The third-order valence-corrected chi connectivity index (χ3v) is 3.85. The van der Waals surface area contributed by atoms with Gasteiger partial charge in [-0.2, -0.15) is 0 Å². The highest BCUT2D eigenvalue weighted by Crippen LogP contribution is 2.37. The van der Waals surface area contributed by atoms with Gasteiger partial charge in [0.25, 0.3) is 0 Å². The van der Waals surface area contributed by atoms with Crippen LogP contribution in [0.5, 0.6) is 0 Å². The molecule has 0 bridgehead atoms. The van der Waals surface area contributed by atoms with Crippen LogP contribution in [0, 0.1) is 0 Å². The second-order valence-electron chi connectivity index (χ2n) is 5.27. The van der Waals surface area contributed by atoms with E-state index < -0.39 is 0 Å². The summed E-state index contributed by atoms with van der Waals surface area (Å²) >= 11 is 0. The Labute approximate surface area is 114 Å². The van der Waals surface area contributed by atoms with Crippen molar-refractivity contribution in [3.05, 3.63) is 35.9 Å². The summed E-state index contributed by atoms with van der Waals surface area (Å²) < 4.78 is 0. The van der Waals surface area contributed by atoms with Crippen molar-refractivity contribution in [3.8, 4) is 0 Å². The Balaban J connectivity index is 2.26. The molecule has 4 nitrogen and oxygen atoms in total. The number of carbonyl (C=O) groups excluding carboxylic acids is 1. The highest BCUT2D eigenvalue weighted by Gasteiger charge is 2.38. The number of nitrogens with zero attached hydrogens (tertiary/aromatic N) is 2. The van der Waals surface area contributed by atoms with E-state index in [4.69, 9.17) is 4.84 Å². The molecule has 0 aliphatic carbocycles. The van der Waals surface area contributed by atoms with Gasteiger partial charge < -0.3 is 4.90 Å². The molecule has 1 aliphatic heterocycles. The van der Waals surface area contributed by atoms with Crippen LogP contribution in [-0.2, 0) is 15.2 Å². The van der Waals surface area contributed by atoms with Gasteiger partial charge in [-0.3, -0.25) is 9.63 Å².